The molecule has 0 saturated heterocycles. The molecule has 1 aliphatic heterocycles. The number of carbonyl (C=O) groups is 1. The zero-order chi connectivity index (χ0) is 15.0. The standard InChI is InChI=1S/C15H15N3OS2/c1-4-20-15-16-7-11-10(14(19)17-13(11)18-15)6-12-8(2)5-9(3)21-12/h5-7H,4H2,1-3H3,(H,16,17,18,19). The number of rotatable bonds is 3. The first-order chi connectivity index (χ1) is 10.1. The fourth-order valence-electron chi connectivity index (χ4n) is 2.23. The van der Waals surface area contributed by atoms with Crippen LogP contribution in [0.15, 0.2) is 17.4 Å². The maximum absolute atomic E-state index is 12.2. The summed E-state index contributed by atoms with van der Waals surface area (Å²) in [5, 5.41) is 3.52. The molecule has 3 rings (SSSR count). The average molecular weight is 317 g/mol. The molecule has 4 nitrogen and oxygen atoms in total. The third kappa shape index (κ3) is 2.73. The predicted octanol–water partition coefficient (Wildman–Crippen LogP) is 3.76. The highest BCUT2D eigenvalue weighted by Crippen LogP contribution is 2.34. The third-order valence-electron chi connectivity index (χ3n) is 3.16. The minimum absolute atomic E-state index is 0.108. The van der Waals surface area contributed by atoms with Crippen LogP contribution < -0.4 is 5.32 Å². The molecule has 0 spiro atoms. The lowest BCUT2D eigenvalue weighted by atomic mass is 10.1. The molecule has 0 bridgehead atoms. The zero-order valence-electron chi connectivity index (χ0n) is 12.1. The Balaban J connectivity index is 2.03. The Kier molecular flexibility index (Phi) is 3.82. The molecular formula is C15H15N3OS2. The second-order valence-electron chi connectivity index (χ2n) is 4.76. The van der Waals surface area contributed by atoms with E-state index in [1.165, 1.54) is 10.4 Å². The Hall–Kier alpha value is -1.66. The van der Waals surface area contributed by atoms with E-state index in [1.807, 2.05) is 13.0 Å². The Morgan fingerprint density at radius 2 is 2.24 bits per heavy atom. The zero-order valence-corrected chi connectivity index (χ0v) is 13.7. The van der Waals surface area contributed by atoms with Gasteiger partial charge in [0.25, 0.3) is 5.91 Å². The van der Waals surface area contributed by atoms with Crippen LogP contribution in [0.5, 0.6) is 0 Å². The first-order valence-corrected chi connectivity index (χ1v) is 8.49. The molecular weight excluding hydrogens is 302 g/mol. The second-order valence-corrected chi connectivity index (χ2v) is 7.28. The van der Waals surface area contributed by atoms with Crippen molar-refractivity contribution in [2.24, 2.45) is 0 Å². The quantitative estimate of drug-likeness (QED) is 0.532. The topological polar surface area (TPSA) is 54.9 Å². The lowest BCUT2D eigenvalue weighted by molar-refractivity contribution is -0.110. The lowest BCUT2D eigenvalue weighted by Crippen LogP contribution is -2.04. The fraction of sp³-hybridized carbons (Fsp3) is 0.267. The normalized spacial score (nSPS) is 15.4. The smallest absolute Gasteiger partial charge is 0.257 e. The first kappa shape index (κ1) is 14.3. The summed E-state index contributed by atoms with van der Waals surface area (Å²) < 4.78 is 0. The van der Waals surface area contributed by atoms with Crippen LogP contribution in [0.2, 0.25) is 0 Å². The van der Waals surface area contributed by atoms with Crippen molar-refractivity contribution in [1.29, 1.82) is 0 Å². The molecule has 0 fully saturated rings. The molecule has 1 amide bonds. The Labute approximate surface area is 131 Å². The van der Waals surface area contributed by atoms with Crippen molar-refractivity contribution >= 4 is 46.5 Å². The van der Waals surface area contributed by atoms with Gasteiger partial charge in [0, 0.05) is 21.5 Å². The van der Waals surface area contributed by atoms with Crippen molar-refractivity contribution in [3.8, 4) is 0 Å². The van der Waals surface area contributed by atoms with Gasteiger partial charge in [0.2, 0.25) is 0 Å². The maximum atomic E-state index is 12.2. The van der Waals surface area contributed by atoms with Crippen molar-refractivity contribution in [3.05, 3.63) is 33.1 Å². The van der Waals surface area contributed by atoms with Gasteiger partial charge in [0.05, 0.1) is 5.57 Å². The van der Waals surface area contributed by atoms with Crippen molar-refractivity contribution in [2.45, 2.75) is 25.9 Å². The lowest BCUT2D eigenvalue weighted by Gasteiger charge is -2.00. The van der Waals surface area contributed by atoms with E-state index in [0.29, 0.717) is 16.5 Å². The first-order valence-electron chi connectivity index (χ1n) is 6.68. The third-order valence-corrected chi connectivity index (χ3v) is 5.00. The number of hydrogen-bond acceptors (Lipinski definition) is 5. The number of aromatic nitrogens is 2. The molecule has 108 valence electrons. The SMILES string of the molecule is CCSc1ncc2c(n1)NC(=O)C2=Cc1sc(C)cc1C. The highest BCUT2D eigenvalue weighted by Gasteiger charge is 2.26. The van der Waals surface area contributed by atoms with E-state index in [-0.39, 0.29) is 5.91 Å². The Bertz CT molecular complexity index is 749. The van der Waals surface area contributed by atoms with E-state index in [9.17, 15) is 4.79 Å². The summed E-state index contributed by atoms with van der Waals surface area (Å²) in [6.07, 6.45) is 3.67. The molecule has 0 unspecified atom stereocenters. The van der Waals surface area contributed by atoms with Crippen molar-refractivity contribution in [1.82, 2.24) is 9.97 Å². The number of nitrogens with zero attached hydrogens (tertiary/aromatic N) is 2. The molecule has 0 aliphatic carbocycles. The average Bonchev–Trinajstić information content (AvgIpc) is 2.90. The van der Waals surface area contributed by atoms with Crippen LogP contribution in [0, 0.1) is 13.8 Å². The summed E-state index contributed by atoms with van der Waals surface area (Å²) in [5.74, 6) is 1.41. The number of fused-ring (bicyclic) bond motifs is 1. The summed E-state index contributed by atoms with van der Waals surface area (Å²) in [7, 11) is 0. The Morgan fingerprint density at radius 1 is 1.43 bits per heavy atom. The number of carbonyl (C=O) groups excluding carboxylic acids is 1. The van der Waals surface area contributed by atoms with Crippen LogP contribution in [0.25, 0.3) is 11.6 Å². The number of amides is 1. The summed E-state index contributed by atoms with van der Waals surface area (Å²) in [4.78, 5) is 23.2. The molecule has 0 aromatic carbocycles. The highest BCUT2D eigenvalue weighted by molar-refractivity contribution is 7.99. The van der Waals surface area contributed by atoms with Crippen LogP contribution in [0.3, 0.4) is 0 Å². The van der Waals surface area contributed by atoms with Crippen LogP contribution >= 0.6 is 23.1 Å². The van der Waals surface area contributed by atoms with Gasteiger partial charge in [-0.1, -0.05) is 18.7 Å². The van der Waals surface area contributed by atoms with Crippen LogP contribution in [0.1, 0.15) is 27.8 Å². The highest BCUT2D eigenvalue weighted by atomic mass is 32.2. The number of aryl methyl sites for hydroxylation is 2. The van der Waals surface area contributed by atoms with Gasteiger partial charge in [-0.3, -0.25) is 4.79 Å². The maximum Gasteiger partial charge on any atom is 0.257 e. The minimum Gasteiger partial charge on any atom is -0.306 e. The van der Waals surface area contributed by atoms with Crippen molar-refractivity contribution in [3.63, 3.8) is 0 Å². The van der Waals surface area contributed by atoms with Gasteiger partial charge >= 0.3 is 0 Å². The van der Waals surface area contributed by atoms with E-state index in [0.717, 1.165) is 16.2 Å². The number of nitrogens with one attached hydrogen (secondary N) is 1. The Morgan fingerprint density at radius 3 is 2.90 bits per heavy atom. The van der Waals surface area contributed by atoms with Crippen molar-refractivity contribution in [2.75, 3.05) is 11.1 Å². The summed E-state index contributed by atoms with van der Waals surface area (Å²) in [6, 6.07) is 2.13. The fourth-order valence-corrected chi connectivity index (χ4v) is 3.75. The predicted molar refractivity (Wildman–Crippen MR) is 88.7 cm³/mol. The van der Waals surface area contributed by atoms with Gasteiger partial charge in [0.15, 0.2) is 5.16 Å². The van der Waals surface area contributed by atoms with Crippen LogP contribution in [-0.4, -0.2) is 21.6 Å². The van der Waals surface area contributed by atoms with Gasteiger partial charge in [0.1, 0.15) is 5.82 Å². The molecule has 21 heavy (non-hydrogen) atoms. The molecule has 0 saturated carbocycles. The second kappa shape index (κ2) is 5.61. The number of thioether (sulfide) groups is 1. The summed E-state index contributed by atoms with van der Waals surface area (Å²) in [6.45, 7) is 6.17. The van der Waals surface area contributed by atoms with E-state index < -0.39 is 0 Å². The molecule has 2 aromatic rings. The number of thiophene rings is 1. The monoisotopic (exact) mass is 317 g/mol. The van der Waals surface area contributed by atoms with Gasteiger partial charge in [-0.25, -0.2) is 9.97 Å². The van der Waals surface area contributed by atoms with Gasteiger partial charge in [-0.15, -0.1) is 11.3 Å². The molecule has 0 atom stereocenters. The summed E-state index contributed by atoms with van der Waals surface area (Å²) >= 11 is 3.25. The number of anilines is 1. The largest absolute Gasteiger partial charge is 0.306 e. The molecule has 0 radical (unpaired) electrons. The van der Waals surface area contributed by atoms with Gasteiger partial charge < -0.3 is 5.32 Å². The van der Waals surface area contributed by atoms with E-state index in [4.69, 9.17) is 0 Å². The minimum atomic E-state index is -0.108. The molecule has 2 aromatic heterocycles. The number of hydrogen-bond donors (Lipinski definition) is 1. The van der Waals surface area contributed by atoms with Gasteiger partial charge in [-0.05, 0) is 37.3 Å². The van der Waals surface area contributed by atoms with E-state index in [1.54, 1.807) is 29.3 Å². The molecule has 6 heteroatoms. The molecule has 3 heterocycles. The van der Waals surface area contributed by atoms with Crippen LogP contribution in [0.4, 0.5) is 5.82 Å². The van der Waals surface area contributed by atoms with Crippen LogP contribution in [-0.2, 0) is 4.79 Å². The molecule has 1 aliphatic rings. The van der Waals surface area contributed by atoms with Gasteiger partial charge in [-0.2, -0.15) is 0 Å². The van der Waals surface area contributed by atoms with E-state index >= 15 is 0 Å². The van der Waals surface area contributed by atoms with Crippen molar-refractivity contribution < 1.29 is 4.79 Å². The van der Waals surface area contributed by atoms with E-state index in [2.05, 4.69) is 35.2 Å². The molecule has 1 N–H and O–H groups in total. The summed E-state index contributed by atoms with van der Waals surface area (Å²) in [5.41, 5.74) is 2.61.